The molecule has 1 aliphatic heterocycles. The molecule has 0 aromatic carbocycles. The van der Waals surface area contributed by atoms with E-state index in [4.69, 9.17) is 5.73 Å². The minimum Gasteiger partial charge on any atom is -0.338 e. The van der Waals surface area contributed by atoms with Gasteiger partial charge in [0.05, 0.1) is 6.04 Å². The fraction of sp³-hybridized carbons (Fsp3) is 0.625. The number of carbonyl (C=O) groups is 1. The highest BCUT2D eigenvalue weighted by Crippen LogP contribution is 2.07. The summed E-state index contributed by atoms with van der Waals surface area (Å²) in [4.78, 5) is 13.0. The van der Waals surface area contributed by atoms with Crippen LogP contribution in [0, 0.1) is 0 Å². The third-order valence-corrected chi connectivity index (χ3v) is 1.90. The van der Waals surface area contributed by atoms with Crippen LogP contribution >= 0.6 is 0 Å². The summed E-state index contributed by atoms with van der Waals surface area (Å²) in [5.41, 5.74) is 5.53. The first kappa shape index (κ1) is 8.27. The van der Waals surface area contributed by atoms with E-state index in [2.05, 4.69) is 0 Å². The van der Waals surface area contributed by atoms with Crippen molar-refractivity contribution in [1.29, 1.82) is 0 Å². The van der Waals surface area contributed by atoms with Crippen LogP contribution in [0.1, 0.15) is 13.3 Å². The van der Waals surface area contributed by atoms with Crippen molar-refractivity contribution in [2.24, 2.45) is 5.73 Å². The van der Waals surface area contributed by atoms with E-state index in [0.29, 0.717) is 6.54 Å². The molecule has 1 heterocycles. The number of nitrogens with two attached hydrogens (primary N) is 1. The lowest BCUT2D eigenvalue weighted by atomic mass is 10.3. The Morgan fingerprint density at radius 2 is 2.55 bits per heavy atom. The average molecular weight is 154 g/mol. The lowest BCUT2D eigenvalue weighted by Crippen LogP contribution is -2.34. The van der Waals surface area contributed by atoms with Gasteiger partial charge in [0.2, 0.25) is 5.91 Å². The van der Waals surface area contributed by atoms with Crippen molar-refractivity contribution < 1.29 is 4.79 Å². The molecule has 0 aromatic heterocycles. The zero-order valence-electron chi connectivity index (χ0n) is 6.79. The molecule has 0 unspecified atom stereocenters. The molecule has 1 aliphatic rings. The summed E-state index contributed by atoms with van der Waals surface area (Å²) in [6, 6.07) is -0.250. The molecule has 0 spiro atoms. The molecule has 1 fully saturated rings. The molecule has 3 nitrogen and oxygen atoms in total. The first-order valence-electron chi connectivity index (χ1n) is 3.91. The Balaban J connectivity index is 2.42. The van der Waals surface area contributed by atoms with E-state index < -0.39 is 0 Å². The second-order valence-electron chi connectivity index (χ2n) is 2.75. The van der Waals surface area contributed by atoms with Crippen LogP contribution in [-0.2, 0) is 4.79 Å². The van der Waals surface area contributed by atoms with Gasteiger partial charge in [0, 0.05) is 13.1 Å². The monoisotopic (exact) mass is 154 g/mol. The van der Waals surface area contributed by atoms with Crippen molar-refractivity contribution in [2.75, 3.05) is 13.1 Å². The van der Waals surface area contributed by atoms with Gasteiger partial charge in [-0.25, -0.2) is 0 Å². The number of likely N-dealkylation sites (tertiary alicyclic amines) is 1. The van der Waals surface area contributed by atoms with E-state index in [1.54, 1.807) is 4.90 Å². The lowest BCUT2D eigenvalue weighted by molar-refractivity contribution is -0.128. The van der Waals surface area contributed by atoms with Gasteiger partial charge in [0.15, 0.2) is 0 Å². The summed E-state index contributed by atoms with van der Waals surface area (Å²) in [7, 11) is 0. The molecule has 0 radical (unpaired) electrons. The SMILES string of the molecule is C/C=C\CN1CC[C@@H](N)C1=O. The zero-order chi connectivity index (χ0) is 8.27. The summed E-state index contributed by atoms with van der Waals surface area (Å²) in [5, 5.41) is 0. The fourth-order valence-corrected chi connectivity index (χ4v) is 1.18. The van der Waals surface area contributed by atoms with Crippen LogP contribution in [0.2, 0.25) is 0 Å². The fourth-order valence-electron chi connectivity index (χ4n) is 1.18. The van der Waals surface area contributed by atoms with E-state index in [1.165, 1.54) is 0 Å². The van der Waals surface area contributed by atoms with Crippen molar-refractivity contribution >= 4 is 5.91 Å². The van der Waals surface area contributed by atoms with Gasteiger partial charge in [0.25, 0.3) is 0 Å². The molecule has 1 atom stereocenters. The number of nitrogens with zero attached hydrogens (tertiary/aromatic N) is 1. The summed E-state index contributed by atoms with van der Waals surface area (Å²) >= 11 is 0. The third kappa shape index (κ3) is 1.80. The van der Waals surface area contributed by atoms with E-state index in [1.807, 2.05) is 19.1 Å². The zero-order valence-corrected chi connectivity index (χ0v) is 6.79. The molecule has 0 aliphatic carbocycles. The third-order valence-electron chi connectivity index (χ3n) is 1.90. The Morgan fingerprint density at radius 3 is 3.00 bits per heavy atom. The normalized spacial score (nSPS) is 25.5. The Morgan fingerprint density at radius 1 is 1.82 bits per heavy atom. The maximum Gasteiger partial charge on any atom is 0.239 e. The van der Waals surface area contributed by atoms with E-state index in [-0.39, 0.29) is 11.9 Å². The molecule has 1 saturated heterocycles. The van der Waals surface area contributed by atoms with Crippen LogP contribution < -0.4 is 5.73 Å². The topological polar surface area (TPSA) is 46.3 Å². The quantitative estimate of drug-likeness (QED) is 0.574. The minimum absolute atomic E-state index is 0.0862. The lowest BCUT2D eigenvalue weighted by Gasteiger charge is -2.12. The molecule has 0 saturated carbocycles. The molecule has 1 amide bonds. The summed E-state index contributed by atoms with van der Waals surface area (Å²) in [6.07, 6.45) is 4.71. The molecule has 62 valence electrons. The largest absolute Gasteiger partial charge is 0.338 e. The van der Waals surface area contributed by atoms with Crippen LogP contribution in [-0.4, -0.2) is 29.9 Å². The molecule has 0 bridgehead atoms. The molecule has 2 N–H and O–H groups in total. The Kier molecular flexibility index (Phi) is 2.65. The second kappa shape index (κ2) is 3.53. The summed E-state index contributed by atoms with van der Waals surface area (Å²) in [5.74, 6) is 0.0862. The molecule has 3 heteroatoms. The van der Waals surface area contributed by atoms with Crippen molar-refractivity contribution in [3.63, 3.8) is 0 Å². The number of amides is 1. The van der Waals surface area contributed by atoms with E-state index >= 15 is 0 Å². The van der Waals surface area contributed by atoms with Gasteiger partial charge in [0.1, 0.15) is 0 Å². The summed E-state index contributed by atoms with van der Waals surface area (Å²) < 4.78 is 0. The number of carbonyl (C=O) groups excluding carboxylic acids is 1. The molecule has 1 rings (SSSR count). The van der Waals surface area contributed by atoms with Gasteiger partial charge in [-0.1, -0.05) is 12.2 Å². The average Bonchev–Trinajstić information content (AvgIpc) is 2.31. The van der Waals surface area contributed by atoms with E-state index in [9.17, 15) is 4.79 Å². The van der Waals surface area contributed by atoms with Crippen molar-refractivity contribution in [2.45, 2.75) is 19.4 Å². The van der Waals surface area contributed by atoms with Crippen LogP contribution in [0.5, 0.6) is 0 Å². The Hall–Kier alpha value is -0.830. The standard InChI is InChI=1S/C8H14N2O/c1-2-3-5-10-6-4-7(9)8(10)11/h2-3,7H,4-6,9H2,1H3/b3-2-/t7-/m1/s1. The van der Waals surface area contributed by atoms with Crippen LogP contribution in [0.15, 0.2) is 12.2 Å². The molecular weight excluding hydrogens is 140 g/mol. The predicted molar refractivity (Wildman–Crippen MR) is 44.0 cm³/mol. The van der Waals surface area contributed by atoms with Gasteiger partial charge in [-0.3, -0.25) is 4.79 Å². The first-order valence-corrected chi connectivity index (χ1v) is 3.91. The maximum absolute atomic E-state index is 11.2. The van der Waals surface area contributed by atoms with Crippen LogP contribution in [0.25, 0.3) is 0 Å². The number of hydrogen-bond acceptors (Lipinski definition) is 2. The summed E-state index contributed by atoms with van der Waals surface area (Å²) in [6.45, 7) is 3.47. The highest BCUT2D eigenvalue weighted by molar-refractivity contribution is 5.83. The van der Waals surface area contributed by atoms with E-state index in [0.717, 1.165) is 13.0 Å². The number of hydrogen-bond donors (Lipinski definition) is 1. The minimum atomic E-state index is -0.250. The first-order chi connectivity index (χ1) is 5.25. The van der Waals surface area contributed by atoms with Crippen molar-refractivity contribution in [3.8, 4) is 0 Å². The van der Waals surface area contributed by atoms with Crippen LogP contribution in [0.4, 0.5) is 0 Å². The highest BCUT2D eigenvalue weighted by atomic mass is 16.2. The smallest absolute Gasteiger partial charge is 0.239 e. The predicted octanol–water partition coefficient (Wildman–Crippen LogP) is 0.122. The van der Waals surface area contributed by atoms with Gasteiger partial charge in [-0.05, 0) is 13.3 Å². The Labute approximate surface area is 66.9 Å². The molecule has 11 heavy (non-hydrogen) atoms. The number of allylic oxidation sites excluding steroid dienone is 1. The molecule has 0 aromatic rings. The highest BCUT2D eigenvalue weighted by Gasteiger charge is 2.26. The number of rotatable bonds is 2. The van der Waals surface area contributed by atoms with Crippen molar-refractivity contribution in [1.82, 2.24) is 4.90 Å². The van der Waals surface area contributed by atoms with Gasteiger partial charge >= 0.3 is 0 Å². The molecular formula is C8H14N2O. The Bertz CT molecular complexity index is 177. The van der Waals surface area contributed by atoms with Gasteiger partial charge in [-0.2, -0.15) is 0 Å². The second-order valence-corrected chi connectivity index (χ2v) is 2.75. The van der Waals surface area contributed by atoms with Crippen LogP contribution in [0.3, 0.4) is 0 Å². The van der Waals surface area contributed by atoms with Crippen molar-refractivity contribution in [3.05, 3.63) is 12.2 Å². The maximum atomic E-state index is 11.2. The van der Waals surface area contributed by atoms with Gasteiger partial charge in [-0.15, -0.1) is 0 Å². The van der Waals surface area contributed by atoms with Gasteiger partial charge < -0.3 is 10.6 Å².